The lowest BCUT2D eigenvalue weighted by atomic mass is 10.0. The minimum absolute atomic E-state index is 0.0995. The summed E-state index contributed by atoms with van der Waals surface area (Å²) in [6.07, 6.45) is 0. The van der Waals surface area contributed by atoms with Crippen molar-refractivity contribution in [1.82, 2.24) is 9.97 Å². The summed E-state index contributed by atoms with van der Waals surface area (Å²) < 4.78 is 0. The van der Waals surface area contributed by atoms with Crippen molar-refractivity contribution in [2.75, 3.05) is 5.73 Å². The van der Waals surface area contributed by atoms with Crippen LogP contribution in [-0.2, 0) is 0 Å². The van der Waals surface area contributed by atoms with Gasteiger partial charge in [-0.2, -0.15) is 0 Å². The summed E-state index contributed by atoms with van der Waals surface area (Å²) in [5.41, 5.74) is 12.8. The van der Waals surface area contributed by atoms with Gasteiger partial charge in [0.1, 0.15) is 0 Å². The molecule has 0 bridgehead atoms. The fraction of sp³-hybridized carbons (Fsp3) is 0.0833. The molecular formula is C12H11ClN4O. The van der Waals surface area contributed by atoms with Gasteiger partial charge in [-0.3, -0.25) is 4.79 Å². The third kappa shape index (κ3) is 2.26. The molecule has 2 rings (SSSR count). The molecule has 1 amide bonds. The van der Waals surface area contributed by atoms with E-state index in [1.54, 1.807) is 31.2 Å². The minimum atomic E-state index is -0.586. The van der Waals surface area contributed by atoms with Crippen LogP contribution in [0.25, 0.3) is 11.3 Å². The first kappa shape index (κ1) is 12.3. The highest BCUT2D eigenvalue weighted by Gasteiger charge is 2.16. The van der Waals surface area contributed by atoms with E-state index in [2.05, 4.69) is 9.97 Å². The molecule has 4 N–H and O–H groups in total. The van der Waals surface area contributed by atoms with Crippen LogP contribution < -0.4 is 11.5 Å². The van der Waals surface area contributed by atoms with Crippen LogP contribution in [0.3, 0.4) is 0 Å². The number of halogens is 1. The van der Waals surface area contributed by atoms with Gasteiger partial charge in [0.15, 0.2) is 0 Å². The first-order chi connectivity index (χ1) is 8.49. The second-order valence-corrected chi connectivity index (χ2v) is 4.20. The van der Waals surface area contributed by atoms with E-state index in [9.17, 15) is 4.79 Å². The minimum Gasteiger partial charge on any atom is -0.368 e. The van der Waals surface area contributed by atoms with Crippen LogP contribution in [0.1, 0.15) is 16.1 Å². The second kappa shape index (κ2) is 4.62. The van der Waals surface area contributed by atoms with Crippen molar-refractivity contribution in [3.8, 4) is 11.3 Å². The lowest BCUT2D eigenvalue weighted by Gasteiger charge is -2.09. The molecule has 0 atom stereocenters. The van der Waals surface area contributed by atoms with Crippen LogP contribution in [0.15, 0.2) is 24.3 Å². The molecule has 92 valence electrons. The molecule has 6 heteroatoms. The highest BCUT2D eigenvalue weighted by Crippen LogP contribution is 2.25. The van der Waals surface area contributed by atoms with Crippen LogP contribution in [0.5, 0.6) is 0 Å². The molecule has 0 aliphatic rings. The number of nitrogens with two attached hydrogens (primary N) is 2. The van der Waals surface area contributed by atoms with E-state index in [0.717, 1.165) is 0 Å². The topological polar surface area (TPSA) is 94.9 Å². The molecule has 18 heavy (non-hydrogen) atoms. The lowest BCUT2D eigenvalue weighted by molar-refractivity contribution is 0.0999. The summed E-state index contributed by atoms with van der Waals surface area (Å²) in [4.78, 5) is 19.5. The number of nitrogen functional groups attached to an aromatic ring is 1. The molecule has 5 nitrogen and oxygen atoms in total. The van der Waals surface area contributed by atoms with Crippen LogP contribution in [0.4, 0.5) is 5.95 Å². The number of rotatable bonds is 2. The Morgan fingerprint density at radius 2 is 1.83 bits per heavy atom. The normalized spacial score (nSPS) is 10.3. The summed E-state index contributed by atoms with van der Waals surface area (Å²) in [5, 5.41) is 0.595. The van der Waals surface area contributed by atoms with E-state index in [0.29, 0.717) is 22.0 Å². The van der Waals surface area contributed by atoms with Crippen LogP contribution in [0.2, 0.25) is 5.02 Å². The van der Waals surface area contributed by atoms with Gasteiger partial charge >= 0.3 is 0 Å². The fourth-order valence-electron chi connectivity index (χ4n) is 1.71. The number of aromatic nitrogens is 2. The molecule has 0 saturated carbocycles. The smallest absolute Gasteiger partial charge is 0.252 e. The van der Waals surface area contributed by atoms with Crippen molar-refractivity contribution in [3.63, 3.8) is 0 Å². The number of hydrogen-bond donors (Lipinski definition) is 2. The van der Waals surface area contributed by atoms with E-state index >= 15 is 0 Å². The number of hydrogen-bond acceptors (Lipinski definition) is 4. The largest absolute Gasteiger partial charge is 0.368 e. The van der Waals surface area contributed by atoms with Gasteiger partial charge in [-0.05, 0) is 19.1 Å². The third-order valence-corrected chi connectivity index (χ3v) is 2.72. The number of benzene rings is 1. The Hall–Kier alpha value is -2.14. The van der Waals surface area contributed by atoms with Gasteiger partial charge in [0.25, 0.3) is 5.91 Å². The molecule has 0 fully saturated rings. The number of carbonyl (C=O) groups is 1. The zero-order valence-corrected chi connectivity index (χ0v) is 10.4. The van der Waals surface area contributed by atoms with Crippen molar-refractivity contribution >= 4 is 23.5 Å². The maximum absolute atomic E-state index is 11.5. The van der Waals surface area contributed by atoms with Crippen LogP contribution in [-0.4, -0.2) is 15.9 Å². The Kier molecular flexibility index (Phi) is 3.16. The standard InChI is InChI=1S/C12H11ClN4O/c1-6-9(11(14)18)10(17-12(15)16-6)7-2-4-8(13)5-3-7/h2-5H,1H3,(H2,14,18)(H2,15,16,17). The summed E-state index contributed by atoms with van der Waals surface area (Å²) >= 11 is 5.81. The molecule has 0 saturated heterocycles. The molecule has 0 aliphatic carbocycles. The average Bonchev–Trinajstić information content (AvgIpc) is 2.28. The Labute approximate surface area is 109 Å². The SMILES string of the molecule is Cc1nc(N)nc(-c2ccc(Cl)cc2)c1C(N)=O. The van der Waals surface area contributed by atoms with Crippen molar-refractivity contribution in [2.24, 2.45) is 5.73 Å². The van der Waals surface area contributed by atoms with Crippen molar-refractivity contribution in [1.29, 1.82) is 0 Å². The molecule has 0 spiro atoms. The number of amides is 1. The Balaban J connectivity index is 2.69. The summed E-state index contributed by atoms with van der Waals surface area (Å²) in [5.74, 6) is -0.486. The summed E-state index contributed by atoms with van der Waals surface area (Å²) in [6.45, 7) is 1.66. The first-order valence-electron chi connectivity index (χ1n) is 5.19. The Morgan fingerprint density at radius 1 is 1.22 bits per heavy atom. The predicted molar refractivity (Wildman–Crippen MR) is 70.1 cm³/mol. The molecule has 1 aromatic carbocycles. The van der Waals surface area contributed by atoms with Crippen molar-refractivity contribution in [3.05, 3.63) is 40.5 Å². The van der Waals surface area contributed by atoms with E-state index in [4.69, 9.17) is 23.1 Å². The van der Waals surface area contributed by atoms with E-state index in [-0.39, 0.29) is 11.5 Å². The first-order valence-corrected chi connectivity index (χ1v) is 5.56. The number of carbonyl (C=O) groups excluding carboxylic acids is 1. The molecule has 1 aromatic heterocycles. The van der Waals surface area contributed by atoms with E-state index < -0.39 is 5.91 Å². The van der Waals surface area contributed by atoms with Crippen LogP contribution >= 0.6 is 11.6 Å². The summed E-state index contributed by atoms with van der Waals surface area (Å²) in [6, 6.07) is 6.90. The van der Waals surface area contributed by atoms with Crippen molar-refractivity contribution in [2.45, 2.75) is 6.92 Å². The Morgan fingerprint density at radius 3 is 2.39 bits per heavy atom. The van der Waals surface area contributed by atoms with E-state index in [1.807, 2.05) is 0 Å². The number of primary amides is 1. The van der Waals surface area contributed by atoms with Gasteiger partial charge in [-0.25, -0.2) is 9.97 Å². The third-order valence-electron chi connectivity index (χ3n) is 2.47. The van der Waals surface area contributed by atoms with Crippen LogP contribution in [0, 0.1) is 6.92 Å². The molecule has 0 radical (unpaired) electrons. The second-order valence-electron chi connectivity index (χ2n) is 3.76. The number of nitrogens with zero attached hydrogens (tertiary/aromatic N) is 2. The van der Waals surface area contributed by atoms with Crippen molar-refractivity contribution < 1.29 is 4.79 Å². The molecule has 0 unspecified atom stereocenters. The monoisotopic (exact) mass is 262 g/mol. The maximum Gasteiger partial charge on any atom is 0.252 e. The van der Waals surface area contributed by atoms with E-state index in [1.165, 1.54) is 0 Å². The number of aryl methyl sites for hydroxylation is 1. The summed E-state index contributed by atoms with van der Waals surface area (Å²) in [7, 11) is 0. The van der Waals surface area contributed by atoms with Gasteiger partial charge in [0, 0.05) is 10.6 Å². The van der Waals surface area contributed by atoms with Gasteiger partial charge in [0.2, 0.25) is 5.95 Å². The average molecular weight is 263 g/mol. The van der Waals surface area contributed by atoms with Gasteiger partial charge < -0.3 is 11.5 Å². The zero-order valence-electron chi connectivity index (χ0n) is 9.64. The predicted octanol–water partition coefficient (Wildman–Crippen LogP) is 1.79. The molecule has 0 aliphatic heterocycles. The lowest BCUT2D eigenvalue weighted by Crippen LogP contribution is -2.17. The Bertz CT molecular complexity index is 610. The highest BCUT2D eigenvalue weighted by molar-refractivity contribution is 6.30. The molecule has 2 aromatic rings. The van der Waals surface area contributed by atoms with Gasteiger partial charge in [-0.1, -0.05) is 23.7 Å². The molecular weight excluding hydrogens is 252 g/mol. The highest BCUT2D eigenvalue weighted by atomic mass is 35.5. The van der Waals surface area contributed by atoms with Gasteiger partial charge in [0.05, 0.1) is 17.0 Å². The van der Waals surface area contributed by atoms with Gasteiger partial charge in [-0.15, -0.1) is 0 Å². The zero-order chi connectivity index (χ0) is 13.3. The molecule has 1 heterocycles. The number of anilines is 1. The quantitative estimate of drug-likeness (QED) is 0.862. The fourth-order valence-corrected chi connectivity index (χ4v) is 1.83. The maximum atomic E-state index is 11.5.